The predicted molar refractivity (Wildman–Crippen MR) is 79.9 cm³/mol. The first-order chi connectivity index (χ1) is 9.98. The van der Waals surface area contributed by atoms with E-state index in [9.17, 15) is 14.4 Å². The van der Waals surface area contributed by atoms with Gasteiger partial charge in [0.15, 0.2) is 5.41 Å². The Morgan fingerprint density at radius 1 is 1.10 bits per heavy atom. The molecule has 1 atom stereocenters. The Hall–Kier alpha value is -1.37. The topological polar surface area (TPSA) is 78.9 Å². The second kappa shape index (κ2) is 10.4. The predicted octanol–water partition coefficient (Wildman–Crippen LogP) is 2.00. The number of methoxy groups -OCH3 is 1. The second-order valence-electron chi connectivity index (χ2n) is 4.09. The largest absolute Gasteiger partial charge is 0.468 e. The number of carbonyl (C=O) groups excluding carboxylic acids is 3. The van der Waals surface area contributed by atoms with Crippen LogP contribution in [0.25, 0.3) is 0 Å². The average molecular weight is 365 g/mol. The number of ether oxygens (including phenoxy) is 3. The first kappa shape index (κ1) is 19.6. The number of rotatable bonds is 9. The van der Waals surface area contributed by atoms with Crippen molar-refractivity contribution >= 4 is 33.8 Å². The molecule has 0 amide bonds. The molecule has 7 heteroatoms. The van der Waals surface area contributed by atoms with Crippen LogP contribution < -0.4 is 0 Å². The Labute approximate surface area is 132 Å². The molecule has 0 aromatic heterocycles. The van der Waals surface area contributed by atoms with E-state index in [0.717, 1.165) is 0 Å². The molecular formula is C14H21BrO6. The fourth-order valence-electron chi connectivity index (χ4n) is 1.73. The molecule has 0 bridgehead atoms. The molecule has 0 radical (unpaired) electrons. The summed E-state index contributed by atoms with van der Waals surface area (Å²) in [6, 6.07) is 0. The lowest BCUT2D eigenvalue weighted by molar-refractivity contribution is -0.170. The van der Waals surface area contributed by atoms with Gasteiger partial charge in [0, 0.05) is 11.4 Å². The SMILES string of the molecule is CCOC(=O)/C=C/CC(CCBr)(C(=O)OC)C(=O)OCC. The third-order valence-electron chi connectivity index (χ3n) is 2.77. The van der Waals surface area contributed by atoms with Gasteiger partial charge in [0.1, 0.15) is 0 Å². The van der Waals surface area contributed by atoms with Gasteiger partial charge in [-0.1, -0.05) is 22.0 Å². The van der Waals surface area contributed by atoms with Crippen molar-refractivity contribution in [3.8, 4) is 0 Å². The molecule has 0 fully saturated rings. The highest BCUT2D eigenvalue weighted by atomic mass is 79.9. The van der Waals surface area contributed by atoms with Crippen LogP contribution in [-0.4, -0.2) is 43.6 Å². The van der Waals surface area contributed by atoms with Crippen LogP contribution in [0.5, 0.6) is 0 Å². The zero-order valence-electron chi connectivity index (χ0n) is 12.5. The third kappa shape index (κ3) is 5.87. The fraction of sp³-hybridized carbons (Fsp3) is 0.643. The number of esters is 3. The molecule has 0 aromatic rings. The van der Waals surface area contributed by atoms with Gasteiger partial charge in [-0.25, -0.2) is 4.79 Å². The monoisotopic (exact) mass is 364 g/mol. The van der Waals surface area contributed by atoms with E-state index in [2.05, 4.69) is 15.9 Å². The lowest BCUT2D eigenvalue weighted by Crippen LogP contribution is -2.41. The summed E-state index contributed by atoms with van der Waals surface area (Å²) in [5.74, 6) is -1.88. The van der Waals surface area contributed by atoms with Crippen molar-refractivity contribution in [2.24, 2.45) is 5.41 Å². The summed E-state index contributed by atoms with van der Waals surface area (Å²) in [4.78, 5) is 35.5. The molecule has 0 N–H and O–H groups in total. The van der Waals surface area contributed by atoms with E-state index in [1.165, 1.54) is 19.3 Å². The van der Waals surface area contributed by atoms with Crippen LogP contribution in [0, 0.1) is 5.41 Å². The van der Waals surface area contributed by atoms with Crippen LogP contribution in [0.3, 0.4) is 0 Å². The molecule has 21 heavy (non-hydrogen) atoms. The number of hydrogen-bond donors (Lipinski definition) is 0. The van der Waals surface area contributed by atoms with E-state index in [-0.39, 0.29) is 26.1 Å². The van der Waals surface area contributed by atoms with Gasteiger partial charge in [0.05, 0.1) is 20.3 Å². The standard InChI is InChI=1S/C14H21BrO6/c1-4-20-11(16)7-6-8-14(9-10-15,12(17)19-3)13(18)21-5-2/h6-7H,4-5,8-10H2,1-3H3/b7-6+. The van der Waals surface area contributed by atoms with E-state index in [0.29, 0.717) is 5.33 Å². The van der Waals surface area contributed by atoms with E-state index < -0.39 is 23.3 Å². The summed E-state index contributed by atoms with van der Waals surface area (Å²) >= 11 is 3.22. The smallest absolute Gasteiger partial charge is 0.330 e. The quantitative estimate of drug-likeness (QED) is 0.204. The Kier molecular flexibility index (Phi) is 9.69. The van der Waals surface area contributed by atoms with Crippen LogP contribution in [0.2, 0.25) is 0 Å². The fourth-order valence-corrected chi connectivity index (χ4v) is 2.41. The van der Waals surface area contributed by atoms with Gasteiger partial charge in [0.2, 0.25) is 0 Å². The summed E-state index contributed by atoms with van der Waals surface area (Å²) < 4.78 is 14.5. The van der Waals surface area contributed by atoms with Crippen molar-refractivity contribution in [3.63, 3.8) is 0 Å². The van der Waals surface area contributed by atoms with Crippen LogP contribution in [0.4, 0.5) is 0 Å². The first-order valence-electron chi connectivity index (χ1n) is 6.63. The minimum Gasteiger partial charge on any atom is -0.468 e. The molecule has 0 saturated heterocycles. The molecule has 6 nitrogen and oxygen atoms in total. The van der Waals surface area contributed by atoms with E-state index in [4.69, 9.17) is 14.2 Å². The summed E-state index contributed by atoms with van der Waals surface area (Å²) in [6.45, 7) is 3.75. The zero-order chi connectivity index (χ0) is 16.3. The number of carbonyl (C=O) groups is 3. The van der Waals surface area contributed by atoms with Crippen LogP contribution in [0.15, 0.2) is 12.2 Å². The van der Waals surface area contributed by atoms with Gasteiger partial charge in [-0.3, -0.25) is 9.59 Å². The number of hydrogen-bond acceptors (Lipinski definition) is 6. The zero-order valence-corrected chi connectivity index (χ0v) is 14.1. The van der Waals surface area contributed by atoms with Crippen molar-refractivity contribution in [2.45, 2.75) is 26.7 Å². The molecule has 1 unspecified atom stereocenters. The number of alkyl halides is 1. The highest BCUT2D eigenvalue weighted by Crippen LogP contribution is 2.32. The Morgan fingerprint density at radius 2 is 1.71 bits per heavy atom. The third-order valence-corrected chi connectivity index (χ3v) is 3.17. The number of halogens is 1. The maximum Gasteiger partial charge on any atom is 0.330 e. The molecule has 0 aromatic carbocycles. The van der Waals surface area contributed by atoms with E-state index in [1.807, 2.05) is 0 Å². The first-order valence-corrected chi connectivity index (χ1v) is 7.75. The summed E-state index contributed by atoms with van der Waals surface area (Å²) in [5.41, 5.74) is -1.46. The molecular weight excluding hydrogens is 344 g/mol. The average Bonchev–Trinajstić information content (AvgIpc) is 2.45. The van der Waals surface area contributed by atoms with Crippen molar-refractivity contribution < 1.29 is 28.6 Å². The van der Waals surface area contributed by atoms with E-state index in [1.54, 1.807) is 13.8 Å². The Balaban J connectivity index is 5.22. The van der Waals surface area contributed by atoms with Gasteiger partial charge in [-0.15, -0.1) is 0 Å². The summed E-state index contributed by atoms with van der Waals surface area (Å²) in [6.07, 6.45) is 2.82. The van der Waals surface area contributed by atoms with E-state index >= 15 is 0 Å². The van der Waals surface area contributed by atoms with Crippen molar-refractivity contribution in [3.05, 3.63) is 12.2 Å². The van der Waals surface area contributed by atoms with Gasteiger partial charge in [0.25, 0.3) is 0 Å². The molecule has 0 heterocycles. The van der Waals surface area contributed by atoms with Gasteiger partial charge in [-0.05, 0) is 26.7 Å². The Morgan fingerprint density at radius 3 is 2.19 bits per heavy atom. The molecule has 0 spiro atoms. The Bertz CT molecular complexity index is 393. The second-order valence-corrected chi connectivity index (χ2v) is 4.88. The minimum atomic E-state index is -1.46. The minimum absolute atomic E-state index is 0.00290. The molecule has 0 saturated carbocycles. The molecule has 0 aliphatic rings. The molecule has 120 valence electrons. The summed E-state index contributed by atoms with van der Waals surface area (Å²) in [7, 11) is 1.21. The molecule has 0 aliphatic carbocycles. The lowest BCUT2D eigenvalue weighted by atomic mass is 9.81. The van der Waals surface area contributed by atoms with Gasteiger partial charge in [-0.2, -0.15) is 0 Å². The molecule has 0 aliphatic heterocycles. The van der Waals surface area contributed by atoms with Crippen molar-refractivity contribution in [2.75, 3.05) is 25.7 Å². The van der Waals surface area contributed by atoms with Crippen molar-refractivity contribution in [1.29, 1.82) is 0 Å². The van der Waals surface area contributed by atoms with Gasteiger partial charge >= 0.3 is 17.9 Å². The van der Waals surface area contributed by atoms with Crippen LogP contribution in [-0.2, 0) is 28.6 Å². The number of allylic oxidation sites excluding steroid dienone is 1. The van der Waals surface area contributed by atoms with Crippen molar-refractivity contribution in [1.82, 2.24) is 0 Å². The maximum atomic E-state index is 12.2. The highest BCUT2D eigenvalue weighted by Gasteiger charge is 2.47. The maximum absolute atomic E-state index is 12.2. The highest BCUT2D eigenvalue weighted by molar-refractivity contribution is 9.09. The van der Waals surface area contributed by atoms with Crippen LogP contribution >= 0.6 is 15.9 Å². The molecule has 0 rings (SSSR count). The van der Waals surface area contributed by atoms with Crippen LogP contribution in [0.1, 0.15) is 26.7 Å². The summed E-state index contributed by atoms with van der Waals surface area (Å²) in [5, 5.41) is 0.411. The van der Waals surface area contributed by atoms with Gasteiger partial charge < -0.3 is 14.2 Å². The lowest BCUT2D eigenvalue weighted by Gasteiger charge is -2.26. The normalized spacial score (nSPS) is 13.5.